The number of nitrogens with two attached hydrogens (primary N) is 1. The fourth-order valence-corrected chi connectivity index (χ4v) is 2.91. The molecule has 0 saturated heterocycles. The van der Waals surface area contributed by atoms with Crippen LogP contribution in [0.3, 0.4) is 0 Å². The summed E-state index contributed by atoms with van der Waals surface area (Å²) in [4.78, 5) is 5.25. The van der Waals surface area contributed by atoms with Crippen LogP contribution in [0.1, 0.15) is 12.0 Å². The first-order valence-electron chi connectivity index (χ1n) is 6.79. The minimum Gasteiger partial charge on any atom is -0.490 e. The van der Waals surface area contributed by atoms with Crippen molar-refractivity contribution < 1.29 is 9.47 Å². The van der Waals surface area contributed by atoms with E-state index in [1.54, 1.807) is 18.0 Å². The van der Waals surface area contributed by atoms with Gasteiger partial charge in [0, 0.05) is 23.3 Å². The van der Waals surface area contributed by atoms with E-state index in [0.717, 1.165) is 34.1 Å². The fourth-order valence-electron chi connectivity index (χ4n) is 2.04. The SMILES string of the molecule is NNc1cc(CSc2ccc3c(c2)OCCCO3)ccn1. The van der Waals surface area contributed by atoms with Crippen LogP contribution in [-0.4, -0.2) is 18.2 Å². The van der Waals surface area contributed by atoms with Crippen molar-refractivity contribution in [3.05, 3.63) is 42.1 Å². The van der Waals surface area contributed by atoms with Crippen LogP contribution >= 0.6 is 11.8 Å². The van der Waals surface area contributed by atoms with E-state index in [1.165, 1.54) is 0 Å². The van der Waals surface area contributed by atoms with Crippen molar-refractivity contribution in [3.8, 4) is 11.5 Å². The number of hydrazine groups is 1. The van der Waals surface area contributed by atoms with Gasteiger partial charge in [0.15, 0.2) is 11.5 Å². The summed E-state index contributed by atoms with van der Waals surface area (Å²) >= 11 is 1.74. The normalized spacial score (nSPS) is 13.6. The summed E-state index contributed by atoms with van der Waals surface area (Å²) < 4.78 is 11.3. The number of hydrogen-bond donors (Lipinski definition) is 2. The number of benzene rings is 1. The first kappa shape index (κ1) is 14.0. The van der Waals surface area contributed by atoms with Crippen LogP contribution in [0.25, 0.3) is 0 Å². The Kier molecular flexibility index (Phi) is 4.47. The number of aromatic nitrogens is 1. The second kappa shape index (κ2) is 6.69. The zero-order valence-corrected chi connectivity index (χ0v) is 12.4. The first-order valence-corrected chi connectivity index (χ1v) is 7.78. The minimum absolute atomic E-state index is 0.673. The molecule has 110 valence electrons. The Labute approximate surface area is 127 Å². The van der Waals surface area contributed by atoms with E-state index in [-0.39, 0.29) is 0 Å². The molecule has 1 aliphatic heterocycles. The van der Waals surface area contributed by atoms with E-state index in [9.17, 15) is 0 Å². The van der Waals surface area contributed by atoms with Crippen LogP contribution < -0.4 is 20.7 Å². The summed E-state index contributed by atoms with van der Waals surface area (Å²) in [5.41, 5.74) is 3.72. The molecule has 0 atom stereocenters. The molecule has 0 radical (unpaired) electrons. The van der Waals surface area contributed by atoms with Crippen LogP contribution in [0.2, 0.25) is 0 Å². The Hall–Kier alpha value is -1.92. The van der Waals surface area contributed by atoms with E-state index < -0.39 is 0 Å². The lowest BCUT2D eigenvalue weighted by atomic mass is 10.3. The standard InChI is InChI=1S/C15H17N3O2S/c16-18-15-8-11(4-5-17-15)10-21-12-2-3-13-14(9-12)20-7-1-6-19-13/h2-5,8-9H,1,6-7,10,16H2,(H,17,18). The van der Waals surface area contributed by atoms with Gasteiger partial charge in [0.1, 0.15) is 5.82 Å². The lowest BCUT2D eigenvalue weighted by Gasteiger charge is -2.09. The molecular formula is C15H17N3O2S. The fraction of sp³-hybridized carbons (Fsp3) is 0.267. The molecule has 0 saturated carbocycles. The highest BCUT2D eigenvalue weighted by atomic mass is 32.2. The van der Waals surface area contributed by atoms with Crippen molar-refractivity contribution in [1.82, 2.24) is 4.98 Å². The van der Waals surface area contributed by atoms with E-state index >= 15 is 0 Å². The molecule has 1 aromatic carbocycles. The molecule has 3 N–H and O–H groups in total. The van der Waals surface area contributed by atoms with E-state index in [4.69, 9.17) is 15.3 Å². The van der Waals surface area contributed by atoms with Gasteiger partial charge in [-0.15, -0.1) is 11.8 Å². The topological polar surface area (TPSA) is 69.4 Å². The predicted molar refractivity (Wildman–Crippen MR) is 83.7 cm³/mol. The second-order valence-electron chi connectivity index (χ2n) is 4.64. The molecule has 5 nitrogen and oxygen atoms in total. The Balaban J connectivity index is 1.69. The average molecular weight is 303 g/mol. The number of hydrogen-bond acceptors (Lipinski definition) is 6. The molecule has 0 fully saturated rings. The summed E-state index contributed by atoms with van der Waals surface area (Å²) in [5, 5.41) is 0. The predicted octanol–water partition coefficient (Wildman–Crippen LogP) is 2.82. The van der Waals surface area contributed by atoms with Crippen molar-refractivity contribution in [2.75, 3.05) is 18.6 Å². The number of anilines is 1. The van der Waals surface area contributed by atoms with Crippen LogP contribution in [0.4, 0.5) is 5.82 Å². The van der Waals surface area contributed by atoms with E-state index in [2.05, 4.69) is 16.5 Å². The van der Waals surface area contributed by atoms with Gasteiger partial charge in [0.25, 0.3) is 0 Å². The monoisotopic (exact) mass is 303 g/mol. The molecule has 1 aliphatic rings. The Bertz CT molecular complexity index is 622. The lowest BCUT2D eigenvalue weighted by molar-refractivity contribution is 0.297. The Morgan fingerprint density at radius 2 is 2.00 bits per heavy atom. The van der Waals surface area contributed by atoms with Gasteiger partial charge in [-0.1, -0.05) is 0 Å². The van der Waals surface area contributed by atoms with Crippen LogP contribution in [0.5, 0.6) is 11.5 Å². The third-order valence-electron chi connectivity index (χ3n) is 3.10. The second-order valence-corrected chi connectivity index (χ2v) is 5.69. The number of nitrogens with one attached hydrogen (secondary N) is 1. The molecule has 3 rings (SSSR count). The maximum absolute atomic E-state index is 5.70. The molecule has 1 aromatic heterocycles. The quantitative estimate of drug-likeness (QED) is 0.514. The number of fused-ring (bicyclic) bond motifs is 1. The summed E-state index contributed by atoms with van der Waals surface area (Å²) in [7, 11) is 0. The summed E-state index contributed by atoms with van der Waals surface area (Å²) in [6.07, 6.45) is 2.67. The third-order valence-corrected chi connectivity index (χ3v) is 4.16. The lowest BCUT2D eigenvalue weighted by Crippen LogP contribution is -2.08. The number of thioether (sulfide) groups is 1. The van der Waals surface area contributed by atoms with Gasteiger partial charge in [-0.2, -0.15) is 0 Å². The van der Waals surface area contributed by atoms with Crippen molar-refractivity contribution in [1.29, 1.82) is 0 Å². The van der Waals surface area contributed by atoms with Gasteiger partial charge >= 0.3 is 0 Å². The molecule has 0 unspecified atom stereocenters. The average Bonchev–Trinajstić information content (AvgIpc) is 2.78. The number of pyridine rings is 1. The molecule has 2 aromatic rings. The zero-order chi connectivity index (χ0) is 14.5. The van der Waals surface area contributed by atoms with E-state index in [0.29, 0.717) is 19.0 Å². The maximum Gasteiger partial charge on any atom is 0.162 e. The number of ether oxygens (including phenoxy) is 2. The van der Waals surface area contributed by atoms with Crippen LogP contribution in [-0.2, 0) is 5.75 Å². The smallest absolute Gasteiger partial charge is 0.162 e. The van der Waals surface area contributed by atoms with Crippen molar-refractivity contribution in [3.63, 3.8) is 0 Å². The highest BCUT2D eigenvalue weighted by Crippen LogP contribution is 2.34. The number of rotatable bonds is 4. The molecule has 2 heterocycles. The van der Waals surface area contributed by atoms with Gasteiger partial charge < -0.3 is 14.9 Å². The van der Waals surface area contributed by atoms with Crippen molar-refractivity contribution in [2.45, 2.75) is 17.1 Å². The molecule has 21 heavy (non-hydrogen) atoms. The Morgan fingerprint density at radius 3 is 2.86 bits per heavy atom. The van der Waals surface area contributed by atoms with E-state index in [1.807, 2.05) is 24.3 Å². The molecule has 0 aliphatic carbocycles. The van der Waals surface area contributed by atoms with Gasteiger partial charge in [-0.3, -0.25) is 0 Å². The van der Waals surface area contributed by atoms with Gasteiger partial charge in [-0.05, 0) is 35.9 Å². The van der Waals surface area contributed by atoms with Gasteiger partial charge in [0.05, 0.1) is 13.2 Å². The van der Waals surface area contributed by atoms with Gasteiger partial charge in [0.2, 0.25) is 0 Å². The summed E-state index contributed by atoms with van der Waals surface area (Å²) in [5.74, 6) is 8.54. The number of nitrogens with zero attached hydrogens (tertiary/aromatic N) is 1. The first-order chi connectivity index (χ1) is 10.3. The molecule has 0 bridgehead atoms. The van der Waals surface area contributed by atoms with Gasteiger partial charge in [-0.25, -0.2) is 10.8 Å². The Morgan fingerprint density at radius 1 is 1.14 bits per heavy atom. The van der Waals surface area contributed by atoms with Crippen molar-refractivity contribution in [2.24, 2.45) is 5.84 Å². The highest BCUT2D eigenvalue weighted by molar-refractivity contribution is 7.98. The molecule has 0 spiro atoms. The number of nitrogen functional groups attached to an aromatic ring is 1. The highest BCUT2D eigenvalue weighted by Gasteiger charge is 2.10. The molecule has 0 amide bonds. The summed E-state index contributed by atoms with van der Waals surface area (Å²) in [6, 6.07) is 9.99. The van der Waals surface area contributed by atoms with Crippen molar-refractivity contribution >= 4 is 17.6 Å². The largest absolute Gasteiger partial charge is 0.490 e. The van der Waals surface area contributed by atoms with Crippen LogP contribution in [0.15, 0.2) is 41.4 Å². The maximum atomic E-state index is 5.70. The van der Waals surface area contributed by atoms with Crippen LogP contribution in [0, 0.1) is 0 Å². The minimum atomic E-state index is 0.673. The molecular weight excluding hydrogens is 286 g/mol. The molecule has 6 heteroatoms. The zero-order valence-electron chi connectivity index (χ0n) is 11.5. The third kappa shape index (κ3) is 3.59. The summed E-state index contributed by atoms with van der Waals surface area (Å²) in [6.45, 7) is 1.42.